The number of nitrogens with one attached hydrogen (secondary N) is 1. The lowest BCUT2D eigenvalue weighted by molar-refractivity contribution is -0.0502. The monoisotopic (exact) mass is 385 g/mol. The van der Waals surface area contributed by atoms with E-state index in [4.69, 9.17) is 16.3 Å². The van der Waals surface area contributed by atoms with E-state index in [2.05, 4.69) is 14.8 Å². The summed E-state index contributed by atoms with van der Waals surface area (Å²) in [6, 6.07) is 12.9. The van der Waals surface area contributed by atoms with Crippen LogP contribution in [-0.2, 0) is 4.74 Å². The van der Waals surface area contributed by atoms with Gasteiger partial charge in [0.25, 0.3) is 5.91 Å². The first-order valence-electron chi connectivity index (χ1n) is 9.76. The van der Waals surface area contributed by atoms with Crippen LogP contribution in [0.25, 0.3) is 0 Å². The number of halogens is 1. The van der Waals surface area contributed by atoms with Gasteiger partial charge in [-0.3, -0.25) is 9.69 Å². The fraction of sp³-hybridized carbons (Fsp3) is 0.476. The van der Waals surface area contributed by atoms with Crippen molar-refractivity contribution in [3.8, 4) is 0 Å². The minimum absolute atomic E-state index is 0.0481. The lowest BCUT2D eigenvalue weighted by Gasteiger charge is -2.35. The maximum absolute atomic E-state index is 12.7. The Bertz CT molecular complexity index is 830. The maximum atomic E-state index is 12.7. The predicted octanol–water partition coefficient (Wildman–Crippen LogP) is 3.42. The van der Waals surface area contributed by atoms with Gasteiger partial charge in [0.05, 0.1) is 12.7 Å². The molecule has 5 nitrogen and oxygen atoms in total. The molecule has 142 valence electrons. The van der Waals surface area contributed by atoms with E-state index < -0.39 is 0 Å². The molecular weight excluding hydrogens is 362 g/mol. The van der Waals surface area contributed by atoms with Gasteiger partial charge in [0.1, 0.15) is 5.69 Å². The van der Waals surface area contributed by atoms with E-state index in [1.807, 2.05) is 42.6 Å². The highest BCUT2D eigenvalue weighted by molar-refractivity contribution is 6.30. The Hall–Kier alpha value is -1.82. The largest absolute Gasteiger partial charge is 0.371 e. The van der Waals surface area contributed by atoms with Crippen LogP contribution in [0, 0.1) is 0 Å². The summed E-state index contributed by atoms with van der Waals surface area (Å²) in [5.41, 5.74) is 1.95. The van der Waals surface area contributed by atoms with E-state index >= 15 is 0 Å². The second kappa shape index (κ2) is 6.97. The Morgan fingerprint density at radius 3 is 2.70 bits per heavy atom. The average Bonchev–Trinajstić information content (AvgIpc) is 3.25. The average molecular weight is 386 g/mol. The van der Waals surface area contributed by atoms with E-state index in [-0.39, 0.29) is 18.1 Å². The van der Waals surface area contributed by atoms with E-state index in [1.165, 1.54) is 12.8 Å². The smallest absolute Gasteiger partial charge is 0.268 e. The molecule has 0 radical (unpaired) electrons. The van der Waals surface area contributed by atoms with Crippen molar-refractivity contribution in [3.05, 3.63) is 58.9 Å². The van der Waals surface area contributed by atoms with Crippen molar-refractivity contribution in [1.82, 2.24) is 14.8 Å². The Balaban J connectivity index is 1.21. The van der Waals surface area contributed by atoms with Crippen molar-refractivity contribution in [2.45, 2.75) is 43.5 Å². The van der Waals surface area contributed by atoms with E-state index in [9.17, 15) is 4.79 Å². The third kappa shape index (κ3) is 3.51. The summed E-state index contributed by atoms with van der Waals surface area (Å²) >= 11 is 5.99. The number of aromatic nitrogens is 1. The van der Waals surface area contributed by atoms with Gasteiger partial charge in [0.2, 0.25) is 0 Å². The number of hydrogen-bond acceptors (Lipinski definition) is 3. The van der Waals surface area contributed by atoms with Crippen LogP contribution in [-0.4, -0.2) is 47.2 Å². The molecule has 3 aliphatic rings. The molecule has 2 aliphatic heterocycles. The molecule has 0 unspecified atom stereocenters. The number of amides is 1. The van der Waals surface area contributed by atoms with Crippen molar-refractivity contribution in [1.29, 1.82) is 0 Å². The predicted molar refractivity (Wildman–Crippen MR) is 104 cm³/mol. The van der Waals surface area contributed by atoms with Crippen LogP contribution in [0.15, 0.2) is 42.6 Å². The van der Waals surface area contributed by atoms with Crippen molar-refractivity contribution in [3.63, 3.8) is 0 Å². The van der Waals surface area contributed by atoms with Gasteiger partial charge in [-0.15, -0.1) is 0 Å². The first-order valence-corrected chi connectivity index (χ1v) is 10.1. The molecule has 0 spiro atoms. The van der Waals surface area contributed by atoms with Crippen LogP contribution in [0.1, 0.15) is 47.5 Å². The SMILES string of the molecule is O=C(N[C@@H]1C[C@H]2CO[C@@H](c3ccc(Cl)cc3)CN2C1)c1cccn1C1CC1. The van der Waals surface area contributed by atoms with Gasteiger partial charge < -0.3 is 14.6 Å². The molecule has 1 aliphatic carbocycles. The highest BCUT2D eigenvalue weighted by Gasteiger charge is 2.38. The number of fused-ring (bicyclic) bond motifs is 1. The summed E-state index contributed by atoms with van der Waals surface area (Å²) in [4.78, 5) is 15.2. The number of morpholine rings is 1. The Labute approximate surface area is 164 Å². The maximum Gasteiger partial charge on any atom is 0.268 e. The summed E-state index contributed by atoms with van der Waals surface area (Å²) < 4.78 is 8.22. The van der Waals surface area contributed by atoms with Crippen molar-refractivity contribution in [2.75, 3.05) is 19.7 Å². The summed E-state index contributed by atoms with van der Waals surface area (Å²) in [7, 11) is 0. The zero-order valence-electron chi connectivity index (χ0n) is 15.2. The molecular formula is C21H24ClN3O2. The quantitative estimate of drug-likeness (QED) is 0.877. The summed E-state index contributed by atoms with van der Waals surface area (Å²) in [6.07, 6.45) is 5.40. The molecule has 1 amide bonds. The van der Waals surface area contributed by atoms with Crippen LogP contribution >= 0.6 is 11.6 Å². The molecule has 3 heterocycles. The number of carbonyl (C=O) groups excluding carboxylic acids is 1. The van der Waals surface area contributed by atoms with Crippen LogP contribution in [0.3, 0.4) is 0 Å². The van der Waals surface area contributed by atoms with E-state index in [0.717, 1.165) is 35.8 Å². The minimum atomic E-state index is 0.0481. The molecule has 5 rings (SSSR count). The first kappa shape index (κ1) is 17.3. The van der Waals surface area contributed by atoms with Crippen LogP contribution in [0.2, 0.25) is 5.02 Å². The van der Waals surface area contributed by atoms with Gasteiger partial charge in [-0.1, -0.05) is 23.7 Å². The van der Waals surface area contributed by atoms with Crippen molar-refractivity contribution >= 4 is 17.5 Å². The van der Waals surface area contributed by atoms with E-state index in [0.29, 0.717) is 18.7 Å². The Kier molecular flexibility index (Phi) is 4.46. The Morgan fingerprint density at radius 1 is 1.11 bits per heavy atom. The zero-order valence-corrected chi connectivity index (χ0v) is 15.9. The number of rotatable bonds is 4. The fourth-order valence-corrected chi connectivity index (χ4v) is 4.50. The number of hydrogen-bond donors (Lipinski definition) is 1. The number of benzene rings is 1. The van der Waals surface area contributed by atoms with Crippen molar-refractivity contribution in [2.24, 2.45) is 0 Å². The fourth-order valence-electron chi connectivity index (χ4n) is 4.37. The zero-order chi connectivity index (χ0) is 18.4. The summed E-state index contributed by atoms with van der Waals surface area (Å²) in [5.74, 6) is 0.0481. The number of ether oxygens (including phenoxy) is 1. The molecule has 2 aromatic rings. The Morgan fingerprint density at radius 2 is 1.93 bits per heavy atom. The van der Waals surface area contributed by atoms with Gasteiger partial charge in [-0.2, -0.15) is 0 Å². The topological polar surface area (TPSA) is 46.5 Å². The molecule has 2 saturated heterocycles. The molecule has 1 saturated carbocycles. The first-order chi connectivity index (χ1) is 13.2. The second-order valence-electron chi connectivity index (χ2n) is 7.92. The molecule has 6 heteroatoms. The highest BCUT2D eigenvalue weighted by Crippen LogP contribution is 2.36. The van der Waals surface area contributed by atoms with Gasteiger partial charge in [0, 0.05) is 42.4 Å². The highest BCUT2D eigenvalue weighted by atomic mass is 35.5. The van der Waals surface area contributed by atoms with E-state index in [1.54, 1.807) is 0 Å². The molecule has 27 heavy (non-hydrogen) atoms. The lowest BCUT2D eigenvalue weighted by atomic mass is 10.1. The third-order valence-electron chi connectivity index (χ3n) is 5.95. The molecule has 1 aromatic carbocycles. The van der Waals surface area contributed by atoms with Gasteiger partial charge in [-0.25, -0.2) is 0 Å². The normalized spacial score (nSPS) is 28.1. The van der Waals surface area contributed by atoms with Gasteiger partial charge in [0.15, 0.2) is 0 Å². The molecule has 3 fully saturated rings. The van der Waals surface area contributed by atoms with Crippen molar-refractivity contribution < 1.29 is 9.53 Å². The van der Waals surface area contributed by atoms with Crippen LogP contribution in [0.4, 0.5) is 0 Å². The second-order valence-corrected chi connectivity index (χ2v) is 8.36. The molecule has 1 aromatic heterocycles. The number of carbonyl (C=O) groups is 1. The molecule has 3 atom stereocenters. The number of nitrogens with zero attached hydrogens (tertiary/aromatic N) is 2. The standard InChI is InChI=1S/C21H24ClN3O2/c22-15-5-3-14(4-6-15)20-12-24-11-16(10-18(24)13-27-20)23-21(26)19-2-1-9-25(19)17-7-8-17/h1-6,9,16-18,20H,7-8,10-13H2,(H,23,26)/t16-,18+,20-/m1/s1. The van der Waals surface area contributed by atoms with Crippen LogP contribution < -0.4 is 5.32 Å². The summed E-state index contributed by atoms with van der Waals surface area (Å²) in [6.45, 7) is 2.45. The molecule has 0 bridgehead atoms. The molecule has 1 N–H and O–H groups in total. The third-order valence-corrected chi connectivity index (χ3v) is 6.20. The summed E-state index contributed by atoms with van der Waals surface area (Å²) in [5, 5.41) is 3.99. The lowest BCUT2D eigenvalue weighted by Crippen LogP contribution is -2.43. The van der Waals surface area contributed by atoms with Gasteiger partial charge >= 0.3 is 0 Å². The minimum Gasteiger partial charge on any atom is -0.371 e. The van der Waals surface area contributed by atoms with Crippen LogP contribution in [0.5, 0.6) is 0 Å². The van der Waals surface area contributed by atoms with Gasteiger partial charge in [-0.05, 0) is 49.1 Å².